The van der Waals surface area contributed by atoms with Crippen molar-refractivity contribution in [1.82, 2.24) is 0 Å². The van der Waals surface area contributed by atoms with Crippen molar-refractivity contribution >= 4 is 20.1 Å². The first-order chi connectivity index (χ1) is 7.38. The predicted octanol–water partition coefficient (Wildman–Crippen LogP) is 3.45. The van der Waals surface area contributed by atoms with E-state index in [1.165, 1.54) is 0 Å². The number of carbonyl (C=O) groups excluding carboxylic acids is 1. The highest BCUT2D eigenvalue weighted by Gasteiger charge is 2.28. The summed E-state index contributed by atoms with van der Waals surface area (Å²) >= 11 is -1.20. The second-order valence-corrected chi connectivity index (χ2v) is 8.24. The van der Waals surface area contributed by atoms with E-state index in [9.17, 15) is 4.79 Å². The van der Waals surface area contributed by atoms with Crippen LogP contribution >= 0.6 is 0 Å². The summed E-state index contributed by atoms with van der Waals surface area (Å²) < 4.78 is 5.83. The van der Waals surface area contributed by atoms with Crippen molar-refractivity contribution < 1.29 is 9.53 Å². The third-order valence-electron chi connectivity index (χ3n) is 2.54. The Hall–Kier alpha value is -0.258. The lowest BCUT2D eigenvalue weighted by Crippen LogP contribution is -2.26. The average Bonchev–Trinajstić information content (AvgIpc) is 2.14. The summed E-state index contributed by atoms with van der Waals surface area (Å²) in [5.41, 5.74) is 0. The number of esters is 1. The van der Waals surface area contributed by atoms with Gasteiger partial charge in [0, 0.05) is 0 Å². The zero-order valence-electron chi connectivity index (χ0n) is 11.4. The van der Waals surface area contributed by atoms with Crippen LogP contribution in [0.25, 0.3) is 0 Å². The van der Waals surface area contributed by atoms with Crippen LogP contribution in [-0.4, -0.2) is 26.7 Å². The molecule has 92 valence electrons. The van der Waals surface area contributed by atoms with Gasteiger partial charge in [0.25, 0.3) is 0 Å². The zero-order valence-corrected chi connectivity index (χ0v) is 12.5. The maximum absolute atomic E-state index is 11.7. The molecule has 0 radical (unpaired) electrons. The van der Waals surface area contributed by atoms with Crippen molar-refractivity contribution in [3.05, 3.63) is 11.0 Å². The number of hydrogen-bond acceptors (Lipinski definition) is 2. The zero-order chi connectivity index (χ0) is 12.7. The monoisotopic (exact) mass is 240 g/mol. The minimum Gasteiger partial charge on any atom is -0.464 e. The van der Waals surface area contributed by atoms with E-state index in [0.29, 0.717) is 18.4 Å². The number of hydrogen-bond donors (Lipinski definition) is 0. The van der Waals surface area contributed by atoms with Crippen molar-refractivity contribution in [2.75, 3.05) is 6.61 Å². The molecular formula is C13H25AlO2. The first-order valence-electron chi connectivity index (χ1n) is 6.24. The van der Waals surface area contributed by atoms with Gasteiger partial charge in [0.05, 0.1) is 6.61 Å². The van der Waals surface area contributed by atoms with Crippen molar-refractivity contribution in [2.24, 2.45) is 11.8 Å². The maximum atomic E-state index is 11.7. The minimum absolute atomic E-state index is 0.166. The SMILES string of the molecule is C=[C](C(=O)OCC)[Al]([CH2]C(C)C)[CH2]C(C)C. The topological polar surface area (TPSA) is 26.3 Å². The van der Waals surface area contributed by atoms with E-state index >= 15 is 0 Å². The Morgan fingerprint density at radius 1 is 1.19 bits per heavy atom. The molecule has 0 saturated carbocycles. The Labute approximate surface area is 104 Å². The molecule has 3 heteroatoms. The van der Waals surface area contributed by atoms with Gasteiger partial charge in [-0.15, -0.1) is 6.58 Å². The van der Waals surface area contributed by atoms with Gasteiger partial charge in [-0.1, -0.05) is 50.1 Å². The Kier molecular flexibility index (Phi) is 7.80. The summed E-state index contributed by atoms with van der Waals surface area (Å²) in [4.78, 5) is 11.7. The lowest BCUT2D eigenvalue weighted by molar-refractivity contribution is -0.137. The van der Waals surface area contributed by atoms with Crippen LogP contribution in [0.2, 0.25) is 10.6 Å². The van der Waals surface area contributed by atoms with Crippen molar-refractivity contribution in [1.29, 1.82) is 0 Å². The Balaban J connectivity index is 4.48. The van der Waals surface area contributed by atoms with Gasteiger partial charge in [-0.2, -0.15) is 0 Å². The van der Waals surface area contributed by atoms with Gasteiger partial charge in [0.2, 0.25) is 0 Å². The number of ether oxygens (including phenoxy) is 1. The molecule has 0 aliphatic carbocycles. The molecule has 0 spiro atoms. The largest absolute Gasteiger partial charge is 0.464 e. The lowest BCUT2D eigenvalue weighted by Gasteiger charge is -2.17. The molecule has 16 heavy (non-hydrogen) atoms. The molecule has 0 aromatic carbocycles. The number of carbonyl (C=O) groups is 1. The molecule has 0 saturated heterocycles. The molecule has 0 heterocycles. The van der Waals surface area contributed by atoms with E-state index in [2.05, 4.69) is 34.3 Å². The van der Waals surface area contributed by atoms with Crippen LogP contribution in [0, 0.1) is 11.8 Å². The van der Waals surface area contributed by atoms with Gasteiger partial charge >= 0.3 is 20.1 Å². The molecule has 0 rings (SSSR count). The van der Waals surface area contributed by atoms with E-state index in [1.54, 1.807) is 0 Å². The second-order valence-electron chi connectivity index (χ2n) is 5.20. The molecule has 2 nitrogen and oxygen atoms in total. The normalized spacial score (nSPS) is 10.7. The Morgan fingerprint density at radius 2 is 1.62 bits per heavy atom. The van der Waals surface area contributed by atoms with Crippen LogP contribution < -0.4 is 0 Å². The van der Waals surface area contributed by atoms with Crippen LogP contribution in [0.4, 0.5) is 0 Å². The fraction of sp³-hybridized carbons (Fsp3) is 0.769. The van der Waals surface area contributed by atoms with Crippen LogP contribution in [0.3, 0.4) is 0 Å². The van der Waals surface area contributed by atoms with E-state index < -0.39 is 14.1 Å². The van der Waals surface area contributed by atoms with E-state index in [4.69, 9.17) is 4.74 Å². The highest BCUT2D eigenvalue weighted by molar-refractivity contribution is 6.71. The summed E-state index contributed by atoms with van der Waals surface area (Å²) in [5.74, 6) is 1.11. The highest BCUT2D eigenvalue weighted by atomic mass is 27.2. The standard InChI is InChI=1S/C5H7O2.2C4H9.Al/c1-3-5(6)7-4-2;2*1-4(2)3;/h1,4H2,2H3;2*4H,1H2,2-3H3;. The van der Waals surface area contributed by atoms with Crippen LogP contribution in [0.5, 0.6) is 0 Å². The Morgan fingerprint density at radius 3 is 1.94 bits per heavy atom. The van der Waals surface area contributed by atoms with Gasteiger partial charge < -0.3 is 4.74 Å². The first kappa shape index (κ1) is 15.7. The first-order valence-corrected chi connectivity index (χ1v) is 8.45. The van der Waals surface area contributed by atoms with E-state index in [-0.39, 0.29) is 5.97 Å². The average molecular weight is 240 g/mol. The van der Waals surface area contributed by atoms with Crippen molar-refractivity contribution in [3.63, 3.8) is 0 Å². The van der Waals surface area contributed by atoms with Crippen LogP contribution in [0.1, 0.15) is 34.6 Å². The van der Waals surface area contributed by atoms with E-state index in [1.807, 2.05) is 6.92 Å². The summed E-state index contributed by atoms with van der Waals surface area (Å²) in [6.45, 7) is 15.1. The summed E-state index contributed by atoms with van der Waals surface area (Å²) in [6.07, 6.45) is 0. The summed E-state index contributed by atoms with van der Waals surface area (Å²) in [7, 11) is 0. The molecular weight excluding hydrogens is 215 g/mol. The third kappa shape index (κ3) is 6.35. The highest BCUT2D eigenvalue weighted by Crippen LogP contribution is 2.20. The fourth-order valence-corrected chi connectivity index (χ4v) is 5.36. The second kappa shape index (κ2) is 7.93. The number of rotatable bonds is 7. The molecule has 0 amide bonds. The van der Waals surface area contributed by atoms with Gasteiger partial charge in [0.15, 0.2) is 0 Å². The predicted molar refractivity (Wildman–Crippen MR) is 70.8 cm³/mol. The van der Waals surface area contributed by atoms with Crippen LogP contribution in [-0.2, 0) is 9.53 Å². The quantitative estimate of drug-likeness (QED) is 0.387. The fourth-order valence-electron chi connectivity index (χ4n) is 1.91. The maximum Gasteiger partial charge on any atom is 0.317 e. The molecule has 0 aliphatic rings. The lowest BCUT2D eigenvalue weighted by atomic mass is 10.3. The van der Waals surface area contributed by atoms with Gasteiger partial charge in [-0.3, -0.25) is 0 Å². The molecule has 0 unspecified atom stereocenters. The van der Waals surface area contributed by atoms with Crippen molar-refractivity contribution in [3.8, 4) is 0 Å². The molecule has 0 atom stereocenters. The van der Waals surface area contributed by atoms with Gasteiger partial charge in [-0.25, -0.2) is 4.79 Å². The molecule has 0 bridgehead atoms. The smallest absolute Gasteiger partial charge is 0.317 e. The molecule has 0 aromatic rings. The van der Waals surface area contributed by atoms with E-state index in [0.717, 1.165) is 15.0 Å². The van der Waals surface area contributed by atoms with Gasteiger partial charge in [-0.05, 0) is 11.4 Å². The molecule has 0 aromatic heterocycles. The molecule has 0 N–H and O–H groups in total. The molecule has 0 fully saturated rings. The minimum atomic E-state index is -1.20. The summed E-state index contributed by atoms with van der Waals surface area (Å²) in [6, 6.07) is 0. The van der Waals surface area contributed by atoms with Gasteiger partial charge in [0.1, 0.15) is 0 Å². The van der Waals surface area contributed by atoms with Crippen molar-refractivity contribution in [2.45, 2.75) is 45.2 Å². The van der Waals surface area contributed by atoms with Crippen LogP contribution in [0.15, 0.2) is 11.0 Å². The third-order valence-corrected chi connectivity index (χ3v) is 6.79. The Bertz CT molecular complexity index is 224. The molecule has 0 aliphatic heterocycles. The summed E-state index contributed by atoms with van der Waals surface area (Å²) in [5, 5.41) is 2.30.